The van der Waals surface area contributed by atoms with Crippen LogP contribution < -0.4 is 0 Å². The quantitative estimate of drug-likeness (QED) is 0.186. The third kappa shape index (κ3) is 4.80. The predicted molar refractivity (Wildman–Crippen MR) is 186 cm³/mol. The lowest BCUT2D eigenvalue weighted by Gasteiger charge is -2.06. The molecule has 0 atom stereocenters. The molecule has 5 heterocycles. The van der Waals surface area contributed by atoms with Gasteiger partial charge >= 0.3 is 0 Å². The van der Waals surface area contributed by atoms with Gasteiger partial charge in [-0.25, -0.2) is 4.98 Å². The Kier molecular flexibility index (Phi) is 6.47. The predicted octanol–water partition coefficient (Wildman–Crippen LogP) is 9.31. The highest BCUT2D eigenvalue weighted by atomic mass is 14.8. The number of aromatic amines is 3. The molecule has 0 amide bonds. The molecule has 7 aromatic rings. The van der Waals surface area contributed by atoms with Gasteiger partial charge in [-0.1, -0.05) is 36.4 Å². The van der Waals surface area contributed by atoms with Crippen molar-refractivity contribution in [2.75, 3.05) is 0 Å². The van der Waals surface area contributed by atoms with Crippen molar-refractivity contribution in [3.63, 3.8) is 0 Å². The Morgan fingerprint density at radius 1 is 0.404 bits per heavy atom. The largest absolute Gasteiger partial charge is 0.354 e. The Labute approximate surface area is 269 Å². The van der Waals surface area contributed by atoms with Gasteiger partial charge in [-0.3, -0.25) is 0 Å². The molecule has 7 heteroatoms. The average Bonchev–Trinajstić information content (AvgIpc) is 3.95. The molecule has 4 aromatic heterocycles. The van der Waals surface area contributed by atoms with Gasteiger partial charge in [0.05, 0.1) is 57.3 Å². The fourth-order valence-electron chi connectivity index (χ4n) is 6.30. The molecule has 1 aliphatic heterocycles. The zero-order chi connectivity index (χ0) is 31.9. The molecule has 0 spiro atoms. The van der Waals surface area contributed by atoms with Crippen LogP contribution in [0.2, 0.25) is 0 Å². The van der Waals surface area contributed by atoms with Gasteiger partial charge < -0.3 is 15.0 Å². The molecule has 47 heavy (non-hydrogen) atoms. The fourth-order valence-corrected chi connectivity index (χ4v) is 6.30. The molecule has 1 aliphatic rings. The Morgan fingerprint density at radius 2 is 0.745 bits per heavy atom. The van der Waals surface area contributed by atoms with Crippen LogP contribution in [-0.4, -0.2) is 19.9 Å². The maximum Gasteiger partial charge on any atom is 0.0991 e. The molecule has 0 saturated heterocycles. The summed E-state index contributed by atoms with van der Waals surface area (Å²) in [6, 6.07) is 41.6. The van der Waals surface area contributed by atoms with E-state index in [2.05, 4.69) is 33.2 Å². The van der Waals surface area contributed by atoms with E-state index in [1.807, 2.05) is 103 Å². The van der Waals surface area contributed by atoms with Gasteiger partial charge in [0.1, 0.15) is 0 Å². The number of hydrogen-bond acceptors (Lipinski definition) is 4. The number of nitriles is 3. The lowest BCUT2D eigenvalue weighted by molar-refractivity contribution is 1.32. The maximum absolute atomic E-state index is 9.75. The lowest BCUT2D eigenvalue weighted by atomic mass is 10.0. The maximum atomic E-state index is 9.75. The second kappa shape index (κ2) is 11.1. The first-order valence-corrected chi connectivity index (χ1v) is 15.0. The highest BCUT2D eigenvalue weighted by Gasteiger charge is 2.17. The van der Waals surface area contributed by atoms with Crippen LogP contribution >= 0.6 is 0 Å². The first-order chi connectivity index (χ1) is 23.1. The molecule has 3 N–H and O–H groups in total. The zero-order valence-electron chi connectivity index (χ0n) is 24.8. The van der Waals surface area contributed by atoms with Gasteiger partial charge in [0.2, 0.25) is 0 Å². The van der Waals surface area contributed by atoms with E-state index in [-0.39, 0.29) is 0 Å². The number of hydrogen-bond donors (Lipinski definition) is 3. The molecule has 8 bridgehead atoms. The number of fused-ring (bicyclic) bond motifs is 9. The molecule has 218 valence electrons. The smallest absolute Gasteiger partial charge is 0.0991 e. The summed E-state index contributed by atoms with van der Waals surface area (Å²) in [5.74, 6) is 0. The van der Waals surface area contributed by atoms with Crippen LogP contribution in [0.25, 0.3) is 78.6 Å². The monoisotopic (exact) mass is 601 g/mol. The van der Waals surface area contributed by atoms with E-state index >= 15 is 0 Å². The van der Waals surface area contributed by atoms with Crippen molar-refractivity contribution in [1.82, 2.24) is 19.9 Å². The van der Waals surface area contributed by atoms with Gasteiger partial charge in [0.15, 0.2) is 0 Å². The van der Waals surface area contributed by atoms with Crippen LogP contribution in [0, 0.1) is 34.0 Å². The van der Waals surface area contributed by atoms with Crippen molar-refractivity contribution >= 4 is 45.3 Å². The lowest BCUT2D eigenvalue weighted by Crippen LogP contribution is -1.89. The molecule has 0 radical (unpaired) electrons. The SMILES string of the molecule is N#Cc1cccc(-c2c3nc(c(-c4cccc(C#N)c4)c4ccc([nH]4)c4ccc([nH]4)c(-c4cccc(C#N)c4)c4ccc2[nH]4)C=C3)c1. The van der Waals surface area contributed by atoms with E-state index in [0.717, 1.165) is 77.9 Å². The Bertz CT molecular complexity index is 2680. The van der Waals surface area contributed by atoms with E-state index in [9.17, 15) is 15.8 Å². The fraction of sp³-hybridized carbons (Fsp3) is 0. The third-order valence-electron chi connectivity index (χ3n) is 8.42. The second-order valence-corrected chi connectivity index (χ2v) is 11.3. The summed E-state index contributed by atoms with van der Waals surface area (Å²) in [5, 5.41) is 29.1. The Balaban J connectivity index is 1.56. The molecule has 0 unspecified atom stereocenters. The molecular formula is C40H23N7. The normalized spacial score (nSPS) is 11.3. The molecule has 0 aliphatic carbocycles. The van der Waals surface area contributed by atoms with Gasteiger partial charge in [-0.2, -0.15) is 15.8 Å². The molecule has 7 nitrogen and oxygen atoms in total. The van der Waals surface area contributed by atoms with E-state index in [1.165, 1.54) is 0 Å². The van der Waals surface area contributed by atoms with Crippen molar-refractivity contribution in [3.05, 3.63) is 137 Å². The van der Waals surface area contributed by atoms with Crippen LogP contribution in [0.1, 0.15) is 28.1 Å². The number of benzene rings is 3. The molecule has 0 fully saturated rings. The van der Waals surface area contributed by atoms with Crippen molar-refractivity contribution in [3.8, 4) is 51.6 Å². The van der Waals surface area contributed by atoms with E-state index in [4.69, 9.17) is 4.98 Å². The van der Waals surface area contributed by atoms with E-state index in [1.54, 1.807) is 18.2 Å². The molecule has 8 rings (SSSR count). The zero-order valence-corrected chi connectivity index (χ0v) is 24.8. The van der Waals surface area contributed by atoms with Crippen LogP contribution in [0.3, 0.4) is 0 Å². The summed E-state index contributed by atoms with van der Waals surface area (Å²) in [6.45, 7) is 0. The van der Waals surface area contributed by atoms with Crippen molar-refractivity contribution in [2.24, 2.45) is 0 Å². The van der Waals surface area contributed by atoms with Gasteiger partial charge in [-0.15, -0.1) is 0 Å². The number of nitrogens with one attached hydrogen (secondary N) is 3. The van der Waals surface area contributed by atoms with Gasteiger partial charge in [0, 0.05) is 38.8 Å². The van der Waals surface area contributed by atoms with Gasteiger partial charge in [0.25, 0.3) is 0 Å². The van der Waals surface area contributed by atoms with Crippen LogP contribution in [0.4, 0.5) is 0 Å². The summed E-state index contributed by atoms with van der Waals surface area (Å²) >= 11 is 0. The highest BCUT2D eigenvalue weighted by molar-refractivity contribution is 6.00. The minimum atomic E-state index is 0.545. The molecular weight excluding hydrogens is 578 g/mol. The highest BCUT2D eigenvalue weighted by Crippen LogP contribution is 2.36. The number of H-pyrrole nitrogens is 3. The summed E-state index contributed by atoms with van der Waals surface area (Å²) in [7, 11) is 0. The third-order valence-corrected chi connectivity index (χ3v) is 8.42. The average molecular weight is 602 g/mol. The number of nitrogens with zero attached hydrogens (tertiary/aromatic N) is 4. The summed E-state index contributed by atoms with van der Waals surface area (Å²) < 4.78 is 0. The summed E-state index contributed by atoms with van der Waals surface area (Å²) in [6.07, 6.45) is 3.98. The molecule has 0 saturated carbocycles. The summed E-state index contributed by atoms with van der Waals surface area (Å²) in [4.78, 5) is 16.1. The first kappa shape index (κ1) is 27.4. The summed E-state index contributed by atoms with van der Waals surface area (Å²) in [5.41, 5.74) is 13.5. The standard InChI is InChI=1S/C40H23N7/c41-21-24-4-1-7-27(18-24)38-32-12-10-30(44-32)31-11-13-33(45-31)39(28-8-2-5-25(19-28)22-42)35-15-17-37(47-35)40(36-16-14-34(38)46-36)29-9-3-6-26(20-29)23-43/h1-20,44-46H. The Hall–Kier alpha value is -7.14. The minimum absolute atomic E-state index is 0.545. The van der Waals surface area contributed by atoms with Crippen LogP contribution in [0.5, 0.6) is 0 Å². The van der Waals surface area contributed by atoms with Crippen molar-refractivity contribution < 1.29 is 0 Å². The Morgan fingerprint density at radius 3 is 1.15 bits per heavy atom. The number of rotatable bonds is 3. The van der Waals surface area contributed by atoms with E-state index < -0.39 is 0 Å². The minimum Gasteiger partial charge on any atom is -0.354 e. The molecule has 3 aromatic carbocycles. The van der Waals surface area contributed by atoms with Crippen LogP contribution in [0.15, 0.2) is 109 Å². The van der Waals surface area contributed by atoms with Gasteiger partial charge in [-0.05, 0) is 102 Å². The number of aromatic nitrogens is 4. The van der Waals surface area contributed by atoms with Crippen LogP contribution in [-0.2, 0) is 0 Å². The van der Waals surface area contributed by atoms with E-state index in [0.29, 0.717) is 16.7 Å². The topological polar surface area (TPSA) is 132 Å². The second-order valence-electron chi connectivity index (χ2n) is 11.3. The first-order valence-electron chi connectivity index (χ1n) is 15.0. The van der Waals surface area contributed by atoms with Crippen molar-refractivity contribution in [2.45, 2.75) is 0 Å². The van der Waals surface area contributed by atoms with Crippen molar-refractivity contribution in [1.29, 1.82) is 15.8 Å².